The van der Waals surface area contributed by atoms with Crippen molar-refractivity contribution >= 4 is 34.6 Å². The number of nitrogens with one attached hydrogen (secondary N) is 1. The fourth-order valence-corrected chi connectivity index (χ4v) is 5.11. The standard InChI is InChI=1S/C16H17NO4S.C10H12O2.C8H8O.C2H6O2.2CO2/c1-12-7-9-14(10-8-12)22(20,21)17-15(16(18)19)11-13-5-3-2-4-6-13;1-8-2-4-9(5-3-8)10-11-6-7-12-10;1-7-2-4-8(6-9)5-3-7;3-1-2-4;2*2-1-3/h2-10,15,17H,11H2,1H3,(H,18,19);2-5,10H,6-7H2,1H3;2-6H,1H3;3-4H,1-2H2;;. The molecule has 0 spiro atoms. The zero-order valence-corrected chi connectivity index (χ0v) is 30.2. The number of carboxylic acid groups (broad SMARTS) is 1. The first kappa shape index (κ1) is 47.5. The molecule has 1 saturated heterocycles. The molecule has 4 aromatic rings. The average Bonchev–Trinajstić information content (AvgIpc) is 3.69. The van der Waals surface area contributed by atoms with Crippen molar-refractivity contribution in [2.75, 3.05) is 26.4 Å². The summed E-state index contributed by atoms with van der Waals surface area (Å²) in [5, 5.41) is 24.5. The van der Waals surface area contributed by atoms with Gasteiger partial charge in [0.05, 0.1) is 31.3 Å². The minimum absolute atomic E-state index is 0.0532. The van der Waals surface area contributed by atoms with Gasteiger partial charge in [-0.15, -0.1) is 0 Å². The molecular weight excluding hydrogens is 710 g/mol. The van der Waals surface area contributed by atoms with Crippen LogP contribution in [0.4, 0.5) is 0 Å². The quantitative estimate of drug-likeness (QED) is 0.179. The Balaban J connectivity index is 0.000000730. The second-order valence-electron chi connectivity index (χ2n) is 10.6. The highest BCUT2D eigenvalue weighted by molar-refractivity contribution is 7.89. The monoisotopic (exact) mass is 753 g/mol. The van der Waals surface area contributed by atoms with Crippen LogP contribution in [-0.2, 0) is 49.9 Å². The number of rotatable bonds is 9. The predicted octanol–water partition coefficient (Wildman–Crippen LogP) is 3.62. The maximum atomic E-state index is 12.3. The lowest BCUT2D eigenvalue weighted by Gasteiger charge is -2.15. The third kappa shape index (κ3) is 21.5. The Morgan fingerprint density at radius 1 is 0.755 bits per heavy atom. The molecule has 4 aromatic carbocycles. The van der Waals surface area contributed by atoms with Crippen LogP contribution in [0.5, 0.6) is 0 Å². The molecule has 1 aliphatic rings. The number of aryl methyl sites for hydroxylation is 3. The fourth-order valence-electron chi connectivity index (χ4n) is 3.92. The summed E-state index contributed by atoms with van der Waals surface area (Å²) in [6.45, 7) is 7.07. The summed E-state index contributed by atoms with van der Waals surface area (Å²) in [4.78, 5) is 54.0. The summed E-state index contributed by atoms with van der Waals surface area (Å²) in [7, 11) is -3.87. The Hall–Kier alpha value is -5.47. The van der Waals surface area contributed by atoms with Gasteiger partial charge in [0.1, 0.15) is 12.3 Å². The van der Waals surface area contributed by atoms with Crippen LogP contribution < -0.4 is 4.72 Å². The first-order valence-electron chi connectivity index (χ1n) is 15.7. The SMILES string of the molecule is Cc1ccc(C2OCCO2)cc1.Cc1ccc(C=O)cc1.Cc1ccc(S(=O)(=O)NC(Cc2ccccc2)C(=O)O)cc1.O=C=O.O=C=O.OCCO. The van der Waals surface area contributed by atoms with Gasteiger partial charge in [0.2, 0.25) is 10.0 Å². The first-order valence-corrected chi connectivity index (χ1v) is 17.2. The van der Waals surface area contributed by atoms with Crippen LogP contribution in [0.1, 0.15) is 44.5 Å². The summed E-state index contributed by atoms with van der Waals surface area (Å²) in [5.41, 5.74) is 5.97. The molecule has 0 amide bonds. The number of aliphatic hydroxyl groups excluding tert-OH is 2. The van der Waals surface area contributed by atoms with E-state index in [-0.39, 0.29) is 43.1 Å². The number of carbonyl (C=O) groups excluding carboxylic acids is 5. The first-order chi connectivity index (χ1) is 25.3. The molecule has 1 heterocycles. The average molecular weight is 754 g/mol. The number of hydrogen-bond acceptors (Lipinski definition) is 12. The van der Waals surface area contributed by atoms with E-state index >= 15 is 0 Å². The highest BCUT2D eigenvalue weighted by Crippen LogP contribution is 2.23. The number of carbonyl (C=O) groups is 2. The van der Waals surface area contributed by atoms with Crippen LogP contribution >= 0.6 is 0 Å². The van der Waals surface area contributed by atoms with Gasteiger partial charge in [0.15, 0.2) is 6.29 Å². The van der Waals surface area contributed by atoms with Crippen LogP contribution in [0.2, 0.25) is 0 Å². The smallest absolute Gasteiger partial charge is 0.373 e. The summed E-state index contributed by atoms with van der Waals surface area (Å²) in [5.74, 6) is -1.21. The fraction of sp³-hybridized carbons (Fsp3) is 0.263. The number of aliphatic carboxylic acids is 1. The molecule has 0 bridgehead atoms. The maximum Gasteiger partial charge on any atom is 0.373 e. The van der Waals surface area contributed by atoms with E-state index in [2.05, 4.69) is 23.8 Å². The second-order valence-corrected chi connectivity index (χ2v) is 12.4. The highest BCUT2D eigenvalue weighted by Gasteiger charge is 2.25. The number of carboxylic acids is 1. The van der Waals surface area contributed by atoms with Gasteiger partial charge in [-0.05, 0) is 44.9 Å². The van der Waals surface area contributed by atoms with Crippen molar-refractivity contribution in [3.8, 4) is 0 Å². The van der Waals surface area contributed by atoms with Crippen molar-refractivity contribution in [2.24, 2.45) is 0 Å². The summed E-state index contributed by atoms with van der Waals surface area (Å²) in [6, 6.07) is 29.6. The van der Waals surface area contributed by atoms with Gasteiger partial charge in [-0.1, -0.05) is 108 Å². The van der Waals surface area contributed by atoms with Gasteiger partial charge in [-0.2, -0.15) is 23.9 Å². The predicted molar refractivity (Wildman–Crippen MR) is 190 cm³/mol. The summed E-state index contributed by atoms with van der Waals surface area (Å²) < 4.78 is 37.5. The zero-order chi connectivity index (χ0) is 40.1. The van der Waals surface area contributed by atoms with E-state index in [0.717, 1.165) is 28.5 Å². The minimum Gasteiger partial charge on any atom is -0.480 e. The van der Waals surface area contributed by atoms with Crippen molar-refractivity contribution in [3.05, 3.63) is 137 Å². The zero-order valence-electron chi connectivity index (χ0n) is 29.4. The number of aldehydes is 1. The van der Waals surface area contributed by atoms with E-state index in [9.17, 15) is 23.1 Å². The van der Waals surface area contributed by atoms with Crippen LogP contribution in [0.15, 0.2) is 108 Å². The largest absolute Gasteiger partial charge is 0.480 e. The molecule has 284 valence electrons. The van der Waals surface area contributed by atoms with Crippen LogP contribution in [0.3, 0.4) is 0 Å². The van der Waals surface area contributed by atoms with E-state index < -0.39 is 22.0 Å². The number of benzene rings is 4. The third-order valence-electron chi connectivity index (χ3n) is 6.49. The number of aliphatic hydroxyl groups is 2. The summed E-state index contributed by atoms with van der Waals surface area (Å²) in [6.07, 6.45) is 1.30. The molecule has 0 saturated carbocycles. The Morgan fingerprint density at radius 3 is 1.57 bits per heavy atom. The lowest BCUT2D eigenvalue weighted by molar-refractivity contribution is -0.193. The van der Waals surface area contributed by atoms with Gasteiger partial charge >= 0.3 is 18.3 Å². The van der Waals surface area contributed by atoms with E-state index in [1.54, 1.807) is 36.4 Å². The van der Waals surface area contributed by atoms with E-state index in [4.69, 9.17) is 38.9 Å². The molecule has 1 unspecified atom stereocenters. The number of ether oxygens (including phenoxy) is 2. The van der Waals surface area contributed by atoms with E-state index in [0.29, 0.717) is 13.2 Å². The molecule has 1 atom stereocenters. The third-order valence-corrected chi connectivity index (χ3v) is 7.98. The Bertz CT molecular complexity index is 1750. The molecule has 14 nitrogen and oxygen atoms in total. The molecule has 1 aliphatic heterocycles. The summed E-state index contributed by atoms with van der Waals surface area (Å²) >= 11 is 0. The topological polar surface area (TPSA) is 228 Å². The lowest BCUT2D eigenvalue weighted by atomic mass is 10.1. The lowest BCUT2D eigenvalue weighted by Crippen LogP contribution is -2.42. The molecule has 1 fully saturated rings. The molecule has 4 N–H and O–H groups in total. The minimum atomic E-state index is -3.87. The Labute approximate surface area is 308 Å². The molecule has 0 radical (unpaired) electrons. The molecular formula is C38H43NO13S. The van der Waals surface area contributed by atoms with E-state index in [1.165, 1.54) is 23.3 Å². The molecule has 0 aliphatic carbocycles. The van der Waals surface area contributed by atoms with E-state index in [1.807, 2.05) is 56.3 Å². The van der Waals surface area contributed by atoms with Crippen molar-refractivity contribution in [2.45, 2.75) is 44.4 Å². The van der Waals surface area contributed by atoms with Gasteiger partial charge in [0, 0.05) is 11.1 Å². The van der Waals surface area contributed by atoms with Gasteiger partial charge < -0.3 is 24.8 Å². The molecule has 53 heavy (non-hydrogen) atoms. The molecule has 5 rings (SSSR count). The second kappa shape index (κ2) is 28.2. The normalized spacial score (nSPS) is 11.9. The van der Waals surface area contributed by atoms with Gasteiger partial charge in [-0.3, -0.25) is 9.59 Å². The molecule has 15 heteroatoms. The molecule has 0 aromatic heterocycles. The van der Waals surface area contributed by atoms with Crippen LogP contribution in [0.25, 0.3) is 0 Å². The van der Waals surface area contributed by atoms with Crippen molar-refractivity contribution in [1.82, 2.24) is 4.72 Å². The maximum absolute atomic E-state index is 12.3. The van der Waals surface area contributed by atoms with Crippen molar-refractivity contribution in [3.63, 3.8) is 0 Å². The van der Waals surface area contributed by atoms with Crippen molar-refractivity contribution in [1.29, 1.82) is 0 Å². The Kier molecular flexibility index (Phi) is 25.3. The van der Waals surface area contributed by atoms with Gasteiger partial charge in [0.25, 0.3) is 0 Å². The Morgan fingerprint density at radius 2 is 1.17 bits per heavy atom. The van der Waals surface area contributed by atoms with Crippen LogP contribution in [0, 0.1) is 20.8 Å². The number of sulfonamides is 1. The highest BCUT2D eigenvalue weighted by atomic mass is 32.2. The number of hydrogen-bond donors (Lipinski definition) is 4. The van der Waals surface area contributed by atoms with Crippen LogP contribution in [-0.4, -0.2) is 80.8 Å². The van der Waals surface area contributed by atoms with Gasteiger partial charge in [-0.25, -0.2) is 8.42 Å². The van der Waals surface area contributed by atoms with Crippen molar-refractivity contribution < 1.29 is 62.0 Å².